The first-order valence-electron chi connectivity index (χ1n) is 6.72. The maximum atomic E-state index is 5.87. The Balaban J connectivity index is 2.16. The highest BCUT2D eigenvalue weighted by atomic mass is 15.2. The molecule has 3 aromatic rings. The van der Waals surface area contributed by atoms with Crippen LogP contribution in [-0.4, -0.2) is 29.0 Å². The lowest BCUT2D eigenvalue weighted by Crippen LogP contribution is -2.14. The molecule has 106 valence electrons. The van der Waals surface area contributed by atoms with Crippen molar-refractivity contribution < 1.29 is 0 Å². The van der Waals surface area contributed by atoms with Gasteiger partial charge < -0.3 is 10.6 Å². The number of hydrogen-bond donors (Lipinski definition) is 1. The molecule has 21 heavy (non-hydrogen) atoms. The van der Waals surface area contributed by atoms with E-state index in [1.54, 1.807) is 6.07 Å². The number of aromatic nitrogens is 3. The van der Waals surface area contributed by atoms with Crippen molar-refractivity contribution in [2.75, 3.05) is 24.7 Å². The summed E-state index contributed by atoms with van der Waals surface area (Å²) in [6, 6.07) is 9.99. The monoisotopic (exact) mass is 279 g/mol. The van der Waals surface area contributed by atoms with E-state index in [4.69, 9.17) is 5.73 Å². The Kier molecular flexibility index (Phi) is 3.17. The van der Waals surface area contributed by atoms with Gasteiger partial charge >= 0.3 is 0 Å². The number of nitrogens with zero attached hydrogens (tertiary/aromatic N) is 4. The van der Waals surface area contributed by atoms with Crippen LogP contribution in [0.25, 0.3) is 22.2 Å². The molecule has 0 atom stereocenters. The Bertz CT molecular complexity index is 811. The van der Waals surface area contributed by atoms with Crippen LogP contribution in [-0.2, 0) is 0 Å². The first-order chi connectivity index (χ1) is 10.0. The molecular formula is C16H17N5. The molecule has 0 fully saturated rings. The molecule has 2 aromatic heterocycles. The van der Waals surface area contributed by atoms with E-state index in [0.29, 0.717) is 11.8 Å². The highest BCUT2D eigenvalue weighted by Crippen LogP contribution is 2.25. The SMILES string of the molecule is Cc1cccc2cc(-c3cc(N)nc(N(C)C)n3)cnc12. The predicted molar refractivity (Wildman–Crippen MR) is 86.2 cm³/mol. The molecule has 2 N–H and O–H groups in total. The molecule has 0 saturated heterocycles. The number of nitrogens with two attached hydrogens (primary N) is 1. The molecule has 0 amide bonds. The molecule has 0 spiro atoms. The summed E-state index contributed by atoms with van der Waals surface area (Å²) < 4.78 is 0. The van der Waals surface area contributed by atoms with Crippen molar-refractivity contribution in [1.29, 1.82) is 0 Å². The van der Waals surface area contributed by atoms with Crippen molar-refractivity contribution in [3.63, 3.8) is 0 Å². The Morgan fingerprint density at radius 1 is 1.10 bits per heavy atom. The predicted octanol–water partition coefficient (Wildman–Crippen LogP) is 2.65. The molecule has 0 saturated carbocycles. The fourth-order valence-electron chi connectivity index (χ4n) is 2.25. The second-order valence-corrected chi connectivity index (χ2v) is 5.24. The van der Waals surface area contributed by atoms with Crippen LogP contribution in [0.2, 0.25) is 0 Å². The van der Waals surface area contributed by atoms with E-state index in [1.807, 2.05) is 31.3 Å². The van der Waals surface area contributed by atoms with Crippen molar-refractivity contribution in [3.8, 4) is 11.3 Å². The van der Waals surface area contributed by atoms with Crippen molar-refractivity contribution in [1.82, 2.24) is 15.0 Å². The summed E-state index contributed by atoms with van der Waals surface area (Å²) in [5.41, 5.74) is 9.76. The van der Waals surface area contributed by atoms with Crippen molar-refractivity contribution >= 4 is 22.7 Å². The average molecular weight is 279 g/mol. The van der Waals surface area contributed by atoms with Crippen LogP contribution in [0.15, 0.2) is 36.5 Å². The van der Waals surface area contributed by atoms with Gasteiger partial charge in [0.15, 0.2) is 0 Å². The number of para-hydroxylation sites is 1. The third-order valence-corrected chi connectivity index (χ3v) is 3.34. The highest BCUT2D eigenvalue weighted by molar-refractivity contribution is 5.85. The lowest BCUT2D eigenvalue weighted by Gasteiger charge is -2.12. The average Bonchev–Trinajstić information content (AvgIpc) is 2.46. The van der Waals surface area contributed by atoms with E-state index >= 15 is 0 Å². The van der Waals surface area contributed by atoms with Gasteiger partial charge in [0.1, 0.15) is 5.82 Å². The smallest absolute Gasteiger partial charge is 0.227 e. The number of benzene rings is 1. The maximum absolute atomic E-state index is 5.87. The summed E-state index contributed by atoms with van der Waals surface area (Å²) in [6.07, 6.45) is 1.83. The van der Waals surface area contributed by atoms with Crippen molar-refractivity contribution in [2.24, 2.45) is 0 Å². The molecular weight excluding hydrogens is 262 g/mol. The molecule has 0 aliphatic rings. The first kappa shape index (κ1) is 13.3. The van der Waals surface area contributed by atoms with Gasteiger partial charge in [-0.1, -0.05) is 18.2 Å². The molecule has 5 heteroatoms. The number of fused-ring (bicyclic) bond motifs is 1. The van der Waals surface area contributed by atoms with E-state index < -0.39 is 0 Å². The third-order valence-electron chi connectivity index (χ3n) is 3.34. The van der Waals surface area contributed by atoms with E-state index in [-0.39, 0.29) is 0 Å². The second-order valence-electron chi connectivity index (χ2n) is 5.24. The number of nitrogen functional groups attached to an aromatic ring is 1. The Hall–Kier alpha value is -2.69. The van der Waals surface area contributed by atoms with Crippen LogP contribution in [0.4, 0.5) is 11.8 Å². The molecule has 1 aromatic carbocycles. The molecule has 2 heterocycles. The van der Waals surface area contributed by atoms with Gasteiger partial charge in [-0.15, -0.1) is 0 Å². The number of hydrogen-bond acceptors (Lipinski definition) is 5. The number of pyridine rings is 1. The number of anilines is 2. The van der Waals surface area contributed by atoms with E-state index in [9.17, 15) is 0 Å². The minimum Gasteiger partial charge on any atom is -0.384 e. The summed E-state index contributed by atoms with van der Waals surface area (Å²) >= 11 is 0. The largest absolute Gasteiger partial charge is 0.384 e. The van der Waals surface area contributed by atoms with Gasteiger partial charge in [0.25, 0.3) is 0 Å². The molecule has 0 bridgehead atoms. The summed E-state index contributed by atoms with van der Waals surface area (Å²) in [5, 5.41) is 1.09. The van der Waals surface area contributed by atoms with E-state index in [1.165, 1.54) is 0 Å². The zero-order chi connectivity index (χ0) is 15.0. The molecule has 5 nitrogen and oxygen atoms in total. The zero-order valence-corrected chi connectivity index (χ0v) is 12.3. The molecule has 0 aliphatic carbocycles. The molecule has 0 radical (unpaired) electrons. The minimum absolute atomic E-state index is 0.452. The van der Waals surface area contributed by atoms with E-state index in [0.717, 1.165) is 27.7 Å². The fourth-order valence-corrected chi connectivity index (χ4v) is 2.25. The van der Waals surface area contributed by atoms with Crippen LogP contribution in [0, 0.1) is 6.92 Å². The second kappa shape index (κ2) is 5.01. The molecule has 0 unspecified atom stereocenters. The summed E-state index contributed by atoms with van der Waals surface area (Å²) in [5.74, 6) is 1.04. The quantitative estimate of drug-likeness (QED) is 0.781. The van der Waals surface area contributed by atoms with Crippen LogP contribution in [0.3, 0.4) is 0 Å². The summed E-state index contributed by atoms with van der Waals surface area (Å²) in [7, 11) is 3.78. The first-order valence-corrected chi connectivity index (χ1v) is 6.72. The lowest BCUT2D eigenvalue weighted by molar-refractivity contribution is 1.01. The normalized spacial score (nSPS) is 10.8. The van der Waals surface area contributed by atoms with Gasteiger partial charge in [0, 0.05) is 37.3 Å². The Morgan fingerprint density at radius 3 is 2.67 bits per heavy atom. The van der Waals surface area contributed by atoms with Gasteiger partial charge in [-0.3, -0.25) is 4.98 Å². The van der Waals surface area contributed by atoms with Crippen LogP contribution in [0.1, 0.15) is 5.56 Å². The summed E-state index contributed by atoms with van der Waals surface area (Å²) in [4.78, 5) is 15.1. The highest BCUT2D eigenvalue weighted by Gasteiger charge is 2.08. The standard InChI is InChI=1S/C16H17N5/c1-10-5-4-6-11-7-12(9-18-15(10)11)13-8-14(17)20-16(19-13)21(2)3/h4-9H,1-3H3,(H2,17,19,20). The van der Waals surface area contributed by atoms with Gasteiger partial charge in [-0.2, -0.15) is 4.98 Å². The van der Waals surface area contributed by atoms with Gasteiger partial charge in [0.05, 0.1) is 11.2 Å². The van der Waals surface area contributed by atoms with Gasteiger partial charge in [0.2, 0.25) is 5.95 Å². The van der Waals surface area contributed by atoms with Crippen LogP contribution < -0.4 is 10.6 Å². The molecule has 3 rings (SSSR count). The van der Waals surface area contributed by atoms with E-state index in [2.05, 4.69) is 40.1 Å². The zero-order valence-electron chi connectivity index (χ0n) is 12.3. The number of rotatable bonds is 2. The maximum Gasteiger partial charge on any atom is 0.227 e. The van der Waals surface area contributed by atoms with Gasteiger partial charge in [-0.25, -0.2) is 4.98 Å². The summed E-state index contributed by atoms with van der Waals surface area (Å²) in [6.45, 7) is 2.06. The lowest BCUT2D eigenvalue weighted by atomic mass is 10.1. The Morgan fingerprint density at radius 2 is 1.90 bits per heavy atom. The van der Waals surface area contributed by atoms with Gasteiger partial charge in [-0.05, 0) is 18.6 Å². The number of aryl methyl sites for hydroxylation is 1. The minimum atomic E-state index is 0.452. The third kappa shape index (κ3) is 2.50. The van der Waals surface area contributed by atoms with Crippen molar-refractivity contribution in [2.45, 2.75) is 6.92 Å². The van der Waals surface area contributed by atoms with Crippen LogP contribution in [0.5, 0.6) is 0 Å². The fraction of sp³-hybridized carbons (Fsp3) is 0.188. The van der Waals surface area contributed by atoms with Crippen LogP contribution >= 0.6 is 0 Å². The Labute approximate surface area is 123 Å². The van der Waals surface area contributed by atoms with Crippen molar-refractivity contribution in [3.05, 3.63) is 42.1 Å². The topological polar surface area (TPSA) is 67.9 Å². The molecule has 0 aliphatic heterocycles.